The summed E-state index contributed by atoms with van der Waals surface area (Å²) in [6, 6.07) is 2.52. The lowest BCUT2D eigenvalue weighted by molar-refractivity contribution is 0.0715. The Morgan fingerprint density at radius 3 is 1.55 bits per heavy atom. The number of ketones is 2. The lowest BCUT2D eigenvalue weighted by Crippen LogP contribution is -2.39. The Kier molecular flexibility index (Phi) is 2.71. The molecule has 0 heterocycles. The van der Waals surface area contributed by atoms with Gasteiger partial charge in [0.05, 0.1) is 11.1 Å². The van der Waals surface area contributed by atoms with Crippen LogP contribution in [-0.2, 0) is 0 Å². The minimum atomic E-state index is -0.411. The molecule has 4 nitrogen and oxygen atoms in total. The van der Waals surface area contributed by atoms with Crippen molar-refractivity contribution in [2.45, 2.75) is 26.7 Å². The molecule has 2 atom stereocenters. The molecule has 20 heavy (non-hydrogen) atoms. The minimum absolute atomic E-state index is 0.0106. The summed E-state index contributed by atoms with van der Waals surface area (Å²) in [6.45, 7) is 3.95. The Morgan fingerprint density at radius 1 is 0.850 bits per heavy atom. The van der Waals surface area contributed by atoms with Crippen LogP contribution in [0.25, 0.3) is 0 Å². The summed E-state index contributed by atoms with van der Waals surface area (Å²) in [6.07, 6.45) is 1.10. The van der Waals surface area contributed by atoms with Crippen LogP contribution in [0.15, 0.2) is 23.3 Å². The van der Waals surface area contributed by atoms with E-state index in [1.165, 1.54) is 12.1 Å². The fourth-order valence-electron chi connectivity index (χ4n) is 3.29. The van der Waals surface area contributed by atoms with Crippen molar-refractivity contribution < 1.29 is 19.8 Å². The van der Waals surface area contributed by atoms with Gasteiger partial charge in [0.25, 0.3) is 0 Å². The molecule has 0 aromatic heterocycles. The van der Waals surface area contributed by atoms with E-state index < -0.39 is 11.8 Å². The first-order valence-electron chi connectivity index (χ1n) is 6.70. The maximum absolute atomic E-state index is 12.6. The van der Waals surface area contributed by atoms with Crippen LogP contribution in [0.2, 0.25) is 0 Å². The van der Waals surface area contributed by atoms with E-state index in [1.54, 1.807) is 0 Å². The van der Waals surface area contributed by atoms with Crippen molar-refractivity contribution in [2.24, 2.45) is 11.8 Å². The molecule has 0 aliphatic heterocycles. The van der Waals surface area contributed by atoms with Crippen molar-refractivity contribution in [3.8, 4) is 11.5 Å². The van der Waals surface area contributed by atoms with Crippen LogP contribution in [0.4, 0.5) is 0 Å². The minimum Gasteiger partial charge on any atom is -0.507 e. The normalized spacial score (nSPS) is 25.5. The number of aromatic hydroxyl groups is 2. The SMILES string of the molecule is CC1=C(C)C[C@H]2C(=O)c3c(O)ccc(O)c3C(=O)[C@@H]2C1. The summed E-state index contributed by atoms with van der Waals surface area (Å²) in [7, 11) is 0. The standard InChI is InChI=1S/C16H16O4/c1-7-5-9-10(6-8(7)2)16(20)14-12(18)4-3-11(17)13(14)15(9)19/h3-4,9-10,17-18H,5-6H2,1-2H3/t9-,10-/m1/s1. The molecule has 2 N–H and O–H groups in total. The third-order valence-corrected chi connectivity index (χ3v) is 4.59. The van der Waals surface area contributed by atoms with E-state index in [-0.39, 0.29) is 34.2 Å². The van der Waals surface area contributed by atoms with E-state index in [0.717, 1.165) is 11.1 Å². The summed E-state index contributed by atoms with van der Waals surface area (Å²) in [5, 5.41) is 19.8. The molecule has 2 aliphatic rings. The summed E-state index contributed by atoms with van der Waals surface area (Å²) in [5.74, 6) is -1.73. The lowest BCUT2D eigenvalue weighted by atomic mass is 9.66. The molecule has 104 valence electrons. The topological polar surface area (TPSA) is 74.6 Å². The monoisotopic (exact) mass is 272 g/mol. The number of phenolic OH excluding ortho intramolecular Hbond substituents is 2. The number of carbonyl (C=O) groups is 2. The maximum atomic E-state index is 12.6. The smallest absolute Gasteiger partial charge is 0.171 e. The van der Waals surface area contributed by atoms with E-state index in [4.69, 9.17) is 0 Å². The first-order chi connectivity index (χ1) is 9.41. The number of hydrogen-bond acceptors (Lipinski definition) is 4. The Morgan fingerprint density at radius 2 is 1.20 bits per heavy atom. The summed E-state index contributed by atoms with van der Waals surface area (Å²) in [4.78, 5) is 25.2. The average Bonchev–Trinajstić information content (AvgIpc) is 2.41. The second-order valence-electron chi connectivity index (χ2n) is 5.76. The molecule has 1 aromatic rings. The largest absolute Gasteiger partial charge is 0.507 e. The number of hydrogen-bond donors (Lipinski definition) is 2. The van der Waals surface area contributed by atoms with Crippen LogP contribution in [0.5, 0.6) is 11.5 Å². The summed E-state index contributed by atoms with van der Waals surface area (Å²) in [5.41, 5.74) is 2.25. The number of rotatable bonds is 0. The van der Waals surface area contributed by atoms with E-state index in [2.05, 4.69) is 0 Å². The number of fused-ring (bicyclic) bond motifs is 2. The van der Waals surface area contributed by atoms with Gasteiger partial charge in [-0.25, -0.2) is 0 Å². The molecule has 0 radical (unpaired) electrons. The van der Waals surface area contributed by atoms with Crippen molar-refractivity contribution in [1.82, 2.24) is 0 Å². The highest BCUT2D eigenvalue weighted by molar-refractivity contribution is 6.18. The van der Waals surface area contributed by atoms with Crippen molar-refractivity contribution in [2.75, 3.05) is 0 Å². The molecule has 0 amide bonds. The molecule has 0 spiro atoms. The van der Waals surface area contributed by atoms with Crippen LogP contribution in [-0.4, -0.2) is 21.8 Å². The zero-order chi connectivity index (χ0) is 14.6. The van der Waals surface area contributed by atoms with Crippen LogP contribution in [0.1, 0.15) is 47.4 Å². The van der Waals surface area contributed by atoms with Crippen LogP contribution >= 0.6 is 0 Å². The number of phenols is 2. The molecule has 0 unspecified atom stereocenters. The van der Waals surface area contributed by atoms with E-state index in [0.29, 0.717) is 12.8 Å². The predicted octanol–water partition coefficient (Wildman–Crippen LogP) is 2.84. The highest BCUT2D eigenvalue weighted by Gasteiger charge is 2.45. The van der Waals surface area contributed by atoms with Gasteiger partial charge in [0.1, 0.15) is 11.5 Å². The van der Waals surface area contributed by atoms with Crippen LogP contribution < -0.4 is 0 Å². The molecule has 2 aliphatic carbocycles. The highest BCUT2D eigenvalue weighted by atomic mass is 16.3. The number of carbonyl (C=O) groups excluding carboxylic acids is 2. The van der Waals surface area contributed by atoms with Gasteiger partial charge in [0.2, 0.25) is 0 Å². The van der Waals surface area contributed by atoms with Crippen molar-refractivity contribution in [1.29, 1.82) is 0 Å². The van der Waals surface area contributed by atoms with Gasteiger partial charge >= 0.3 is 0 Å². The van der Waals surface area contributed by atoms with Crippen molar-refractivity contribution in [3.05, 3.63) is 34.4 Å². The molecule has 0 saturated carbocycles. The van der Waals surface area contributed by atoms with Gasteiger partial charge < -0.3 is 10.2 Å². The molecule has 0 saturated heterocycles. The van der Waals surface area contributed by atoms with E-state index in [1.807, 2.05) is 13.8 Å². The highest BCUT2D eigenvalue weighted by Crippen LogP contribution is 2.45. The van der Waals surface area contributed by atoms with Crippen molar-refractivity contribution >= 4 is 11.6 Å². The molecule has 0 fully saturated rings. The summed E-state index contributed by atoms with van der Waals surface area (Å²) >= 11 is 0. The summed E-state index contributed by atoms with van der Waals surface area (Å²) < 4.78 is 0. The predicted molar refractivity (Wildman–Crippen MR) is 73.0 cm³/mol. The Balaban J connectivity index is 2.20. The van der Waals surface area contributed by atoms with Gasteiger partial charge in [-0.3, -0.25) is 9.59 Å². The third kappa shape index (κ3) is 1.60. The van der Waals surface area contributed by atoms with Crippen LogP contribution in [0, 0.1) is 11.8 Å². The molecule has 0 bridgehead atoms. The quantitative estimate of drug-likeness (QED) is 0.562. The fraction of sp³-hybridized carbons (Fsp3) is 0.375. The van der Waals surface area contributed by atoms with E-state index in [9.17, 15) is 19.8 Å². The van der Waals surface area contributed by atoms with Gasteiger partial charge in [-0.15, -0.1) is 0 Å². The van der Waals surface area contributed by atoms with Crippen LogP contribution in [0.3, 0.4) is 0 Å². The average molecular weight is 272 g/mol. The second-order valence-corrected chi connectivity index (χ2v) is 5.76. The number of allylic oxidation sites excluding steroid dienone is 2. The number of Topliss-reactive ketones (excluding diaryl/α,β-unsaturated/α-hetero) is 2. The van der Waals surface area contributed by atoms with E-state index >= 15 is 0 Å². The van der Waals surface area contributed by atoms with Gasteiger partial charge in [0, 0.05) is 11.8 Å². The molecule has 4 heteroatoms. The molecular weight excluding hydrogens is 256 g/mol. The number of benzene rings is 1. The third-order valence-electron chi connectivity index (χ3n) is 4.59. The first-order valence-corrected chi connectivity index (χ1v) is 6.70. The van der Waals surface area contributed by atoms with Gasteiger partial charge in [0.15, 0.2) is 11.6 Å². The maximum Gasteiger partial charge on any atom is 0.171 e. The zero-order valence-corrected chi connectivity index (χ0v) is 11.4. The Hall–Kier alpha value is -2.10. The lowest BCUT2D eigenvalue weighted by Gasteiger charge is -2.35. The molecular formula is C16H16O4. The fourth-order valence-corrected chi connectivity index (χ4v) is 3.29. The first kappa shape index (κ1) is 12.9. The van der Waals surface area contributed by atoms with Gasteiger partial charge in [-0.1, -0.05) is 11.1 Å². The zero-order valence-electron chi connectivity index (χ0n) is 11.4. The Bertz CT molecular complexity index is 612. The van der Waals surface area contributed by atoms with Crippen molar-refractivity contribution in [3.63, 3.8) is 0 Å². The van der Waals surface area contributed by atoms with Gasteiger partial charge in [-0.2, -0.15) is 0 Å². The Labute approximate surface area is 116 Å². The van der Waals surface area contributed by atoms with Gasteiger partial charge in [-0.05, 0) is 38.8 Å². The molecule has 3 rings (SSSR count). The molecule has 1 aromatic carbocycles. The second kappa shape index (κ2) is 4.20.